The Labute approximate surface area is 399 Å². The number of para-hydroxylation sites is 4. The molecular formula is C66H43N3. The number of nitrogens with zero attached hydrogens (tertiary/aromatic N) is 3. The predicted octanol–water partition coefficient (Wildman–Crippen LogP) is 17.6. The monoisotopic (exact) mass is 877 g/mol. The van der Waals surface area contributed by atoms with E-state index in [9.17, 15) is 0 Å². The summed E-state index contributed by atoms with van der Waals surface area (Å²) in [7, 11) is 0. The zero-order valence-corrected chi connectivity index (χ0v) is 37.7. The molecule has 0 aliphatic carbocycles. The van der Waals surface area contributed by atoms with Crippen LogP contribution in [0.5, 0.6) is 0 Å². The Morgan fingerprint density at radius 3 is 0.884 bits per heavy atom. The third kappa shape index (κ3) is 6.36. The van der Waals surface area contributed by atoms with Gasteiger partial charge in [-0.05, 0) is 136 Å². The average Bonchev–Trinajstić information content (AvgIpc) is 4.07. The molecule has 0 spiro atoms. The molecule has 0 N–H and O–H groups in total. The van der Waals surface area contributed by atoms with Gasteiger partial charge in [-0.1, -0.05) is 170 Å². The molecule has 3 nitrogen and oxygen atoms in total. The highest BCUT2D eigenvalue weighted by Gasteiger charge is 2.19. The first-order valence-corrected chi connectivity index (χ1v) is 23.7. The number of benzene rings is 11. The lowest BCUT2D eigenvalue weighted by molar-refractivity contribution is 1.18. The van der Waals surface area contributed by atoms with Crippen LogP contribution >= 0.6 is 0 Å². The molecule has 11 aromatic carbocycles. The van der Waals surface area contributed by atoms with Crippen LogP contribution in [0.15, 0.2) is 261 Å². The molecule has 0 fully saturated rings. The van der Waals surface area contributed by atoms with Crippen molar-refractivity contribution in [2.45, 2.75) is 0 Å². The normalized spacial score (nSPS) is 11.8. The standard InChI is InChI=1S/C66H43N3/c1-3-17-44(18-4-1)46-21-15-23-52(38-46)67-63-31-13-9-27-57(63)59-42-48(33-35-65(59)67)50-37-51(41-54(40-50)69-61-29-11-7-25-55(61)56-26-8-12-30-62(56)69)49-34-36-66-60(43-49)58-28-10-14-32-64(58)68(66)53-24-16-22-47(39-53)45-19-5-2-6-20-45/h1-43H. The van der Waals surface area contributed by atoms with Gasteiger partial charge < -0.3 is 13.7 Å². The fourth-order valence-electron chi connectivity index (χ4n) is 11.0. The van der Waals surface area contributed by atoms with Crippen LogP contribution in [0, 0.1) is 0 Å². The van der Waals surface area contributed by atoms with Crippen molar-refractivity contribution in [1.29, 1.82) is 0 Å². The van der Waals surface area contributed by atoms with Gasteiger partial charge in [-0.2, -0.15) is 0 Å². The van der Waals surface area contributed by atoms with E-state index in [0.717, 1.165) is 28.2 Å². The minimum atomic E-state index is 1.13. The highest BCUT2D eigenvalue weighted by atomic mass is 15.0. The third-order valence-corrected chi connectivity index (χ3v) is 14.2. The molecule has 0 bridgehead atoms. The van der Waals surface area contributed by atoms with E-state index in [0.29, 0.717) is 0 Å². The predicted molar refractivity (Wildman–Crippen MR) is 291 cm³/mol. The van der Waals surface area contributed by atoms with Crippen molar-refractivity contribution in [3.05, 3.63) is 261 Å². The van der Waals surface area contributed by atoms with E-state index in [1.165, 1.54) is 98.8 Å². The maximum absolute atomic E-state index is 2.45. The summed E-state index contributed by atoms with van der Waals surface area (Å²) in [4.78, 5) is 0. The van der Waals surface area contributed by atoms with Gasteiger partial charge in [-0.25, -0.2) is 0 Å². The molecule has 0 aliphatic rings. The molecule has 0 amide bonds. The van der Waals surface area contributed by atoms with E-state index in [4.69, 9.17) is 0 Å². The van der Waals surface area contributed by atoms with Crippen LogP contribution in [-0.2, 0) is 0 Å². The number of aromatic nitrogens is 3. The number of hydrogen-bond acceptors (Lipinski definition) is 0. The molecule has 14 aromatic rings. The van der Waals surface area contributed by atoms with E-state index in [2.05, 4.69) is 275 Å². The van der Waals surface area contributed by atoms with Crippen molar-refractivity contribution in [2.75, 3.05) is 0 Å². The highest BCUT2D eigenvalue weighted by molar-refractivity contribution is 6.13. The van der Waals surface area contributed by atoms with Gasteiger partial charge >= 0.3 is 0 Å². The third-order valence-electron chi connectivity index (χ3n) is 14.2. The zero-order valence-electron chi connectivity index (χ0n) is 37.7. The Balaban J connectivity index is 0.974. The van der Waals surface area contributed by atoms with Gasteiger partial charge in [-0.15, -0.1) is 0 Å². The number of hydrogen-bond donors (Lipinski definition) is 0. The molecule has 0 saturated heterocycles. The Morgan fingerprint density at radius 1 is 0.159 bits per heavy atom. The molecule has 0 atom stereocenters. The van der Waals surface area contributed by atoms with Gasteiger partial charge in [0, 0.05) is 49.4 Å². The highest BCUT2D eigenvalue weighted by Crippen LogP contribution is 2.41. The Hall–Kier alpha value is -9.18. The van der Waals surface area contributed by atoms with E-state index in [1.807, 2.05) is 0 Å². The lowest BCUT2D eigenvalue weighted by Gasteiger charge is -2.15. The van der Waals surface area contributed by atoms with Crippen molar-refractivity contribution >= 4 is 65.4 Å². The van der Waals surface area contributed by atoms with Crippen LogP contribution in [0.1, 0.15) is 0 Å². The topological polar surface area (TPSA) is 14.8 Å². The van der Waals surface area contributed by atoms with Crippen molar-refractivity contribution < 1.29 is 0 Å². The lowest BCUT2D eigenvalue weighted by Crippen LogP contribution is -1.96. The fourth-order valence-corrected chi connectivity index (χ4v) is 11.0. The summed E-state index contributed by atoms with van der Waals surface area (Å²) in [5.41, 5.74) is 20.0. The molecule has 3 heterocycles. The van der Waals surface area contributed by atoms with Crippen LogP contribution in [0.3, 0.4) is 0 Å². The van der Waals surface area contributed by atoms with E-state index < -0.39 is 0 Å². The van der Waals surface area contributed by atoms with Crippen molar-refractivity contribution in [3.8, 4) is 61.6 Å². The largest absolute Gasteiger partial charge is 0.309 e. The first-order chi connectivity index (χ1) is 34.2. The zero-order chi connectivity index (χ0) is 45.4. The van der Waals surface area contributed by atoms with Gasteiger partial charge in [-0.3, -0.25) is 0 Å². The summed E-state index contributed by atoms with van der Waals surface area (Å²) in [6.45, 7) is 0. The van der Waals surface area contributed by atoms with Crippen LogP contribution in [0.2, 0.25) is 0 Å². The molecule has 0 radical (unpaired) electrons. The SMILES string of the molecule is c1ccc(-c2cccc(-n3c4ccccc4c4cc(-c5cc(-c6ccc7c(c6)c6ccccc6n7-c6cccc(-c7ccccc7)c6)cc(-n6c7ccccc7c7ccccc76)c5)ccc43)c2)cc1. The Morgan fingerprint density at radius 2 is 0.464 bits per heavy atom. The smallest absolute Gasteiger partial charge is 0.0541 e. The molecular weight excluding hydrogens is 835 g/mol. The molecule has 69 heavy (non-hydrogen) atoms. The minimum absolute atomic E-state index is 1.13. The second-order valence-electron chi connectivity index (χ2n) is 18.1. The first kappa shape index (κ1) is 39.0. The molecule has 14 rings (SSSR count). The number of rotatable bonds is 7. The van der Waals surface area contributed by atoms with Crippen molar-refractivity contribution in [3.63, 3.8) is 0 Å². The van der Waals surface area contributed by atoms with Gasteiger partial charge in [0.25, 0.3) is 0 Å². The number of fused-ring (bicyclic) bond motifs is 9. The lowest BCUT2D eigenvalue weighted by atomic mass is 9.96. The molecule has 0 unspecified atom stereocenters. The first-order valence-electron chi connectivity index (χ1n) is 23.7. The second kappa shape index (κ2) is 15.7. The molecule has 3 heteroatoms. The van der Waals surface area contributed by atoms with E-state index in [-0.39, 0.29) is 0 Å². The minimum Gasteiger partial charge on any atom is -0.309 e. The maximum Gasteiger partial charge on any atom is 0.0541 e. The van der Waals surface area contributed by atoms with Crippen LogP contribution < -0.4 is 0 Å². The summed E-state index contributed by atoms with van der Waals surface area (Å²) in [5, 5.41) is 7.40. The summed E-state index contributed by atoms with van der Waals surface area (Å²) < 4.78 is 7.29. The van der Waals surface area contributed by atoms with Crippen molar-refractivity contribution in [2.24, 2.45) is 0 Å². The van der Waals surface area contributed by atoms with Gasteiger partial charge in [0.15, 0.2) is 0 Å². The quantitative estimate of drug-likeness (QED) is 0.152. The molecule has 3 aromatic heterocycles. The second-order valence-corrected chi connectivity index (χ2v) is 18.1. The Kier molecular flexibility index (Phi) is 8.90. The van der Waals surface area contributed by atoms with Crippen LogP contribution in [0.4, 0.5) is 0 Å². The van der Waals surface area contributed by atoms with Gasteiger partial charge in [0.2, 0.25) is 0 Å². The molecule has 0 saturated carbocycles. The summed E-state index contributed by atoms with van der Waals surface area (Å²) >= 11 is 0. The van der Waals surface area contributed by atoms with E-state index in [1.54, 1.807) is 0 Å². The van der Waals surface area contributed by atoms with Gasteiger partial charge in [0.1, 0.15) is 0 Å². The van der Waals surface area contributed by atoms with E-state index >= 15 is 0 Å². The fraction of sp³-hybridized carbons (Fsp3) is 0. The summed E-state index contributed by atoms with van der Waals surface area (Å²) in [6.07, 6.45) is 0. The molecule has 322 valence electrons. The van der Waals surface area contributed by atoms with Gasteiger partial charge in [0.05, 0.1) is 33.1 Å². The van der Waals surface area contributed by atoms with Crippen LogP contribution in [-0.4, -0.2) is 13.7 Å². The molecule has 0 aliphatic heterocycles. The van der Waals surface area contributed by atoms with Crippen molar-refractivity contribution in [1.82, 2.24) is 13.7 Å². The average molecular weight is 878 g/mol. The van der Waals surface area contributed by atoms with Crippen LogP contribution in [0.25, 0.3) is 127 Å². The summed E-state index contributed by atoms with van der Waals surface area (Å²) in [5.74, 6) is 0. The summed E-state index contributed by atoms with van der Waals surface area (Å²) in [6, 6.07) is 95.6. The Bertz CT molecular complexity index is 4030. The maximum atomic E-state index is 2.45.